The van der Waals surface area contributed by atoms with Gasteiger partial charge in [-0.3, -0.25) is 9.59 Å². The maximum absolute atomic E-state index is 12.7. The number of aromatic nitrogens is 1. The van der Waals surface area contributed by atoms with Crippen LogP contribution in [0.15, 0.2) is 23.6 Å². The van der Waals surface area contributed by atoms with Crippen LogP contribution in [-0.4, -0.2) is 28.9 Å². The lowest BCUT2D eigenvalue weighted by molar-refractivity contribution is -0.121. The fraction of sp³-hybridized carbons (Fsp3) is 0.500. The Balaban J connectivity index is 1.57. The molecule has 0 aliphatic heterocycles. The third-order valence-electron chi connectivity index (χ3n) is 5.09. The van der Waals surface area contributed by atoms with Gasteiger partial charge in [-0.1, -0.05) is 25.8 Å². The summed E-state index contributed by atoms with van der Waals surface area (Å²) in [6.45, 7) is 6.24. The lowest BCUT2D eigenvalue weighted by Gasteiger charge is -2.32. The van der Waals surface area contributed by atoms with Crippen LogP contribution < -0.4 is 15.4 Å². The smallest absolute Gasteiger partial charge is 0.271 e. The number of hydrogen-bond donors (Lipinski definition) is 2. The Kier molecular flexibility index (Phi) is 7.25. The number of nitrogens with one attached hydrogen (secondary N) is 2. The van der Waals surface area contributed by atoms with Gasteiger partial charge < -0.3 is 15.4 Å². The van der Waals surface area contributed by atoms with E-state index >= 15 is 0 Å². The number of thiazole rings is 1. The zero-order valence-corrected chi connectivity index (χ0v) is 18.1. The van der Waals surface area contributed by atoms with Crippen molar-refractivity contribution in [2.24, 2.45) is 0 Å². The Morgan fingerprint density at radius 3 is 2.41 bits per heavy atom. The third-order valence-corrected chi connectivity index (χ3v) is 5.91. The van der Waals surface area contributed by atoms with Crippen LogP contribution in [0.25, 0.3) is 0 Å². The zero-order chi connectivity index (χ0) is 20.8. The average molecular weight is 416 g/mol. The van der Waals surface area contributed by atoms with Gasteiger partial charge >= 0.3 is 0 Å². The van der Waals surface area contributed by atoms with E-state index in [1.807, 2.05) is 32.9 Å². The Morgan fingerprint density at radius 1 is 1.10 bits per heavy atom. The summed E-state index contributed by atoms with van der Waals surface area (Å²) < 4.78 is 5.84. The summed E-state index contributed by atoms with van der Waals surface area (Å²) in [4.78, 5) is 28.9. The Hall–Kier alpha value is -2.41. The molecule has 1 aromatic carbocycles. The maximum atomic E-state index is 12.7. The van der Waals surface area contributed by atoms with E-state index < -0.39 is 0 Å². The van der Waals surface area contributed by atoms with Crippen molar-refractivity contribution in [3.63, 3.8) is 0 Å². The first-order valence-corrected chi connectivity index (χ1v) is 11.1. The van der Waals surface area contributed by atoms with Gasteiger partial charge in [-0.2, -0.15) is 0 Å². The normalized spacial score (nSPS) is 18.9. The minimum atomic E-state index is -0.193. The van der Waals surface area contributed by atoms with E-state index in [2.05, 4.69) is 21.7 Å². The van der Waals surface area contributed by atoms with Gasteiger partial charge in [0, 0.05) is 23.9 Å². The maximum Gasteiger partial charge on any atom is 0.271 e. The second kappa shape index (κ2) is 9.87. The van der Waals surface area contributed by atoms with E-state index in [-0.39, 0.29) is 23.9 Å². The molecule has 1 fully saturated rings. The molecule has 1 heterocycles. The van der Waals surface area contributed by atoms with E-state index in [1.165, 1.54) is 11.3 Å². The first kappa shape index (κ1) is 21.3. The lowest BCUT2D eigenvalue weighted by atomic mass is 9.90. The summed E-state index contributed by atoms with van der Waals surface area (Å²) in [6, 6.07) is 6.01. The predicted octanol–water partition coefficient (Wildman–Crippen LogP) is 3.91. The number of nitrogens with zero attached hydrogens (tertiary/aromatic N) is 1. The average Bonchev–Trinajstić information content (AvgIpc) is 3.16. The quantitative estimate of drug-likeness (QED) is 0.719. The number of rotatable bonds is 7. The summed E-state index contributed by atoms with van der Waals surface area (Å²) in [5, 5.41) is 8.62. The number of carbonyl (C=O) groups excluding carboxylic acids is 2. The number of carbonyl (C=O) groups is 2. The molecule has 1 aromatic heterocycles. The lowest BCUT2D eigenvalue weighted by Crippen LogP contribution is -2.53. The highest BCUT2D eigenvalue weighted by molar-refractivity contribution is 7.09. The molecule has 0 radical (unpaired) electrons. The van der Waals surface area contributed by atoms with Crippen molar-refractivity contribution in [2.45, 2.75) is 71.6 Å². The fourth-order valence-corrected chi connectivity index (χ4v) is 4.36. The second-order valence-electron chi connectivity index (χ2n) is 7.63. The van der Waals surface area contributed by atoms with Crippen LogP contribution in [0, 0.1) is 13.8 Å². The van der Waals surface area contributed by atoms with Crippen LogP contribution in [-0.2, 0) is 11.4 Å². The third kappa shape index (κ3) is 6.03. The molecule has 156 valence electrons. The van der Waals surface area contributed by atoms with Crippen molar-refractivity contribution in [2.75, 3.05) is 0 Å². The number of ether oxygens (including phenoxy) is 1. The van der Waals surface area contributed by atoms with E-state index in [1.54, 1.807) is 5.38 Å². The largest absolute Gasteiger partial charge is 0.486 e. The van der Waals surface area contributed by atoms with Gasteiger partial charge in [0.15, 0.2) is 0 Å². The van der Waals surface area contributed by atoms with Gasteiger partial charge in [0.05, 0.1) is 0 Å². The molecule has 1 aliphatic rings. The molecule has 2 atom stereocenters. The molecule has 0 unspecified atom stereocenters. The van der Waals surface area contributed by atoms with Gasteiger partial charge in [-0.05, 0) is 49.9 Å². The molecule has 2 N–H and O–H groups in total. The minimum absolute atomic E-state index is 0.00820. The van der Waals surface area contributed by atoms with Crippen molar-refractivity contribution in [1.82, 2.24) is 15.6 Å². The minimum Gasteiger partial charge on any atom is -0.486 e. The topological polar surface area (TPSA) is 80.3 Å². The molecule has 0 bridgehead atoms. The first-order valence-electron chi connectivity index (χ1n) is 10.2. The molecular weight excluding hydrogens is 386 g/mol. The van der Waals surface area contributed by atoms with E-state index in [0.29, 0.717) is 18.7 Å². The number of benzene rings is 1. The Bertz CT molecular complexity index is 844. The summed E-state index contributed by atoms with van der Waals surface area (Å²) in [6.07, 6.45) is 4.33. The van der Waals surface area contributed by atoms with Gasteiger partial charge in [-0.25, -0.2) is 4.98 Å². The monoisotopic (exact) mass is 415 g/mol. The highest BCUT2D eigenvalue weighted by Gasteiger charge is 2.28. The van der Waals surface area contributed by atoms with Gasteiger partial charge in [-0.15, -0.1) is 11.3 Å². The van der Waals surface area contributed by atoms with Gasteiger partial charge in [0.2, 0.25) is 5.91 Å². The summed E-state index contributed by atoms with van der Waals surface area (Å²) in [7, 11) is 0. The van der Waals surface area contributed by atoms with Crippen LogP contribution in [0.5, 0.6) is 5.75 Å². The molecule has 1 aliphatic carbocycles. The van der Waals surface area contributed by atoms with Gasteiger partial charge in [0.1, 0.15) is 23.1 Å². The van der Waals surface area contributed by atoms with Crippen LogP contribution in [0.3, 0.4) is 0 Å². The van der Waals surface area contributed by atoms with Crippen LogP contribution in [0.2, 0.25) is 0 Å². The molecule has 2 amide bonds. The highest BCUT2D eigenvalue weighted by Crippen LogP contribution is 2.21. The number of aryl methyl sites for hydroxylation is 2. The Labute approximate surface area is 176 Å². The molecule has 7 heteroatoms. The zero-order valence-electron chi connectivity index (χ0n) is 17.3. The SMILES string of the molecule is CCC(=O)N[C@H]1CCCC[C@@H]1NC(=O)c1csc(COc2cc(C)cc(C)c2)n1. The van der Waals surface area contributed by atoms with E-state index in [9.17, 15) is 9.59 Å². The van der Waals surface area contributed by atoms with Crippen molar-refractivity contribution in [3.8, 4) is 5.75 Å². The molecule has 0 saturated heterocycles. The van der Waals surface area contributed by atoms with Gasteiger partial charge in [0.25, 0.3) is 5.91 Å². The summed E-state index contributed by atoms with van der Waals surface area (Å²) in [5.74, 6) is 0.637. The predicted molar refractivity (Wildman–Crippen MR) is 114 cm³/mol. The molecule has 0 spiro atoms. The first-order chi connectivity index (χ1) is 13.9. The highest BCUT2D eigenvalue weighted by atomic mass is 32.1. The van der Waals surface area contributed by atoms with Crippen LogP contribution >= 0.6 is 11.3 Å². The Morgan fingerprint density at radius 2 is 1.76 bits per heavy atom. The van der Waals surface area contributed by atoms with Crippen molar-refractivity contribution < 1.29 is 14.3 Å². The van der Waals surface area contributed by atoms with Crippen molar-refractivity contribution >= 4 is 23.2 Å². The molecule has 3 rings (SSSR count). The standard InChI is InChI=1S/C22H29N3O3S/c1-4-20(26)23-17-7-5-6-8-18(17)25-22(27)19-13-29-21(24-19)12-28-16-10-14(2)9-15(3)11-16/h9-11,13,17-18H,4-8,12H2,1-3H3,(H,23,26)(H,25,27)/t17-,18-/m0/s1. The van der Waals surface area contributed by atoms with Crippen LogP contribution in [0.1, 0.15) is 65.7 Å². The molecular formula is C22H29N3O3S. The van der Waals surface area contributed by atoms with Crippen LogP contribution in [0.4, 0.5) is 0 Å². The molecule has 1 saturated carbocycles. The number of hydrogen-bond acceptors (Lipinski definition) is 5. The van der Waals surface area contributed by atoms with Crippen molar-refractivity contribution in [1.29, 1.82) is 0 Å². The number of amides is 2. The van der Waals surface area contributed by atoms with E-state index in [0.717, 1.165) is 47.6 Å². The fourth-order valence-electron chi connectivity index (χ4n) is 3.67. The second-order valence-corrected chi connectivity index (χ2v) is 8.57. The molecule has 6 nitrogen and oxygen atoms in total. The molecule has 29 heavy (non-hydrogen) atoms. The summed E-state index contributed by atoms with van der Waals surface area (Å²) in [5.41, 5.74) is 2.70. The van der Waals surface area contributed by atoms with Crippen molar-refractivity contribution in [3.05, 3.63) is 45.4 Å². The summed E-state index contributed by atoms with van der Waals surface area (Å²) >= 11 is 1.42. The molecule has 2 aromatic rings. The van der Waals surface area contributed by atoms with E-state index in [4.69, 9.17) is 4.74 Å².